The SMILES string of the molecule is CN(CC(O)COCc1ccccc1)CC1CCNCC1. The Hall–Kier alpha value is -0.940. The number of piperidine rings is 1. The minimum Gasteiger partial charge on any atom is -0.389 e. The average Bonchev–Trinajstić information content (AvgIpc) is 2.49. The standard InChI is InChI=1S/C17H28N2O2/c1-19(11-15-7-9-18-10-8-15)12-17(20)14-21-13-16-5-3-2-4-6-16/h2-6,15,17-18,20H,7-14H2,1H3. The second kappa shape index (κ2) is 9.15. The van der Waals surface area contributed by atoms with Crippen LogP contribution in [-0.2, 0) is 11.3 Å². The summed E-state index contributed by atoms with van der Waals surface area (Å²) in [6.07, 6.45) is 2.07. The monoisotopic (exact) mass is 292 g/mol. The van der Waals surface area contributed by atoms with Gasteiger partial charge in [-0.2, -0.15) is 0 Å². The number of hydrogen-bond donors (Lipinski definition) is 2. The number of aliphatic hydroxyl groups is 1. The summed E-state index contributed by atoms with van der Waals surface area (Å²) in [6, 6.07) is 10.1. The fraction of sp³-hybridized carbons (Fsp3) is 0.647. The van der Waals surface area contributed by atoms with E-state index in [2.05, 4.69) is 17.3 Å². The summed E-state index contributed by atoms with van der Waals surface area (Å²) in [5, 5.41) is 13.4. The van der Waals surface area contributed by atoms with Gasteiger partial charge in [-0.3, -0.25) is 0 Å². The van der Waals surface area contributed by atoms with Gasteiger partial charge in [0.15, 0.2) is 0 Å². The van der Waals surface area contributed by atoms with Crippen LogP contribution < -0.4 is 5.32 Å². The van der Waals surface area contributed by atoms with Crippen molar-refractivity contribution in [2.75, 3.05) is 39.8 Å². The molecule has 4 nitrogen and oxygen atoms in total. The smallest absolute Gasteiger partial charge is 0.0900 e. The molecular formula is C17H28N2O2. The molecule has 0 bridgehead atoms. The molecule has 0 radical (unpaired) electrons. The lowest BCUT2D eigenvalue weighted by molar-refractivity contribution is 0.0112. The Morgan fingerprint density at radius 2 is 2.00 bits per heavy atom. The molecule has 0 amide bonds. The fourth-order valence-corrected chi connectivity index (χ4v) is 2.88. The number of ether oxygens (including phenoxy) is 1. The molecule has 2 rings (SSSR count). The lowest BCUT2D eigenvalue weighted by atomic mass is 9.97. The molecule has 1 aliphatic rings. The third-order valence-corrected chi connectivity index (χ3v) is 3.97. The van der Waals surface area contributed by atoms with Crippen LogP contribution in [0.3, 0.4) is 0 Å². The number of hydrogen-bond acceptors (Lipinski definition) is 4. The summed E-state index contributed by atoms with van der Waals surface area (Å²) in [7, 11) is 2.09. The molecule has 2 N–H and O–H groups in total. The van der Waals surface area contributed by atoms with E-state index in [1.807, 2.05) is 30.3 Å². The van der Waals surface area contributed by atoms with E-state index in [1.165, 1.54) is 12.8 Å². The van der Waals surface area contributed by atoms with Gasteiger partial charge in [0, 0.05) is 13.1 Å². The highest BCUT2D eigenvalue weighted by Crippen LogP contribution is 2.12. The topological polar surface area (TPSA) is 44.7 Å². The molecule has 1 aliphatic heterocycles. The van der Waals surface area contributed by atoms with Crippen LogP contribution in [0.5, 0.6) is 0 Å². The predicted octanol–water partition coefficient (Wildman–Crippen LogP) is 1.50. The Bertz CT molecular complexity index is 380. The minimum absolute atomic E-state index is 0.394. The third kappa shape index (κ3) is 6.57. The van der Waals surface area contributed by atoms with Crippen molar-refractivity contribution in [3.63, 3.8) is 0 Å². The molecule has 0 saturated carbocycles. The highest BCUT2D eigenvalue weighted by atomic mass is 16.5. The lowest BCUT2D eigenvalue weighted by Crippen LogP contribution is -2.38. The molecule has 0 aliphatic carbocycles. The van der Waals surface area contributed by atoms with E-state index >= 15 is 0 Å². The van der Waals surface area contributed by atoms with Crippen molar-refractivity contribution in [1.29, 1.82) is 0 Å². The number of aliphatic hydroxyl groups excluding tert-OH is 1. The summed E-state index contributed by atoms with van der Waals surface area (Å²) in [5.41, 5.74) is 1.15. The zero-order valence-corrected chi connectivity index (χ0v) is 13.0. The van der Waals surface area contributed by atoms with Gasteiger partial charge >= 0.3 is 0 Å². The molecule has 0 spiro atoms. The summed E-state index contributed by atoms with van der Waals surface area (Å²) in [5.74, 6) is 0.758. The van der Waals surface area contributed by atoms with Crippen molar-refractivity contribution < 1.29 is 9.84 Å². The van der Waals surface area contributed by atoms with E-state index in [1.54, 1.807) is 0 Å². The molecule has 1 unspecified atom stereocenters. The van der Waals surface area contributed by atoms with Crippen LogP contribution in [0.1, 0.15) is 18.4 Å². The largest absolute Gasteiger partial charge is 0.389 e. The molecule has 1 heterocycles. The van der Waals surface area contributed by atoms with Crippen molar-refractivity contribution in [2.45, 2.75) is 25.6 Å². The summed E-state index contributed by atoms with van der Waals surface area (Å²) < 4.78 is 5.59. The van der Waals surface area contributed by atoms with E-state index in [0.29, 0.717) is 19.8 Å². The van der Waals surface area contributed by atoms with Gasteiger partial charge in [-0.15, -0.1) is 0 Å². The molecular weight excluding hydrogens is 264 g/mol. The first-order valence-electron chi connectivity index (χ1n) is 7.93. The van der Waals surface area contributed by atoms with Crippen molar-refractivity contribution in [2.24, 2.45) is 5.92 Å². The average molecular weight is 292 g/mol. The number of likely N-dealkylation sites (N-methyl/N-ethyl adjacent to an activating group) is 1. The number of nitrogens with zero attached hydrogens (tertiary/aromatic N) is 1. The summed E-state index contributed by atoms with van der Waals surface area (Å²) >= 11 is 0. The molecule has 1 aromatic carbocycles. The number of nitrogens with one attached hydrogen (secondary N) is 1. The maximum absolute atomic E-state index is 10.0. The Morgan fingerprint density at radius 3 is 2.71 bits per heavy atom. The lowest BCUT2D eigenvalue weighted by Gasteiger charge is -2.28. The maximum atomic E-state index is 10.0. The van der Waals surface area contributed by atoms with Crippen LogP contribution >= 0.6 is 0 Å². The second-order valence-corrected chi connectivity index (χ2v) is 6.07. The van der Waals surface area contributed by atoms with Gasteiger partial charge in [-0.1, -0.05) is 30.3 Å². The molecule has 1 saturated heterocycles. The van der Waals surface area contributed by atoms with Gasteiger partial charge in [0.25, 0.3) is 0 Å². The van der Waals surface area contributed by atoms with Gasteiger partial charge in [0.1, 0.15) is 0 Å². The van der Waals surface area contributed by atoms with Crippen molar-refractivity contribution in [3.8, 4) is 0 Å². The van der Waals surface area contributed by atoms with Crippen LogP contribution in [0, 0.1) is 5.92 Å². The molecule has 4 heteroatoms. The van der Waals surface area contributed by atoms with Gasteiger partial charge < -0.3 is 20.1 Å². The molecule has 1 fully saturated rings. The van der Waals surface area contributed by atoms with E-state index in [4.69, 9.17) is 4.74 Å². The Labute approximate surface area is 128 Å². The highest BCUT2D eigenvalue weighted by molar-refractivity contribution is 5.13. The van der Waals surface area contributed by atoms with Crippen molar-refractivity contribution in [1.82, 2.24) is 10.2 Å². The van der Waals surface area contributed by atoms with Gasteiger partial charge in [0.2, 0.25) is 0 Å². The molecule has 1 aromatic rings. The van der Waals surface area contributed by atoms with Crippen molar-refractivity contribution >= 4 is 0 Å². The molecule has 118 valence electrons. The number of benzene rings is 1. The van der Waals surface area contributed by atoms with Crippen LogP contribution in [0.25, 0.3) is 0 Å². The predicted molar refractivity (Wildman–Crippen MR) is 85.2 cm³/mol. The van der Waals surface area contributed by atoms with Crippen LogP contribution in [0.15, 0.2) is 30.3 Å². The first kappa shape index (κ1) is 16.4. The molecule has 0 aromatic heterocycles. The van der Waals surface area contributed by atoms with Crippen LogP contribution in [0.4, 0.5) is 0 Å². The first-order chi connectivity index (χ1) is 10.2. The minimum atomic E-state index is -0.416. The zero-order valence-electron chi connectivity index (χ0n) is 13.0. The van der Waals surface area contributed by atoms with Crippen LogP contribution in [-0.4, -0.2) is 55.9 Å². The van der Waals surface area contributed by atoms with E-state index in [9.17, 15) is 5.11 Å². The summed E-state index contributed by atoms with van der Waals surface area (Å²) in [6.45, 7) is 4.96. The second-order valence-electron chi connectivity index (χ2n) is 6.07. The van der Waals surface area contributed by atoms with E-state index < -0.39 is 6.10 Å². The maximum Gasteiger partial charge on any atom is 0.0900 e. The van der Waals surface area contributed by atoms with Crippen LogP contribution in [0.2, 0.25) is 0 Å². The normalized spacial score (nSPS) is 18.0. The Kier molecular flexibility index (Phi) is 7.16. The van der Waals surface area contributed by atoms with Gasteiger partial charge in [-0.25, -0.2) is 0 Å². The highest BCUT2D eigenvalue weighted by Gasteiger charge is 2.16. The van der Waals surface area contributed by atoms with Crippen molar-refractivity contribution in [3.05, 3.63) is 35.9 Å². The quantitative estimate of drug-likeness (QED) is 0.762. The van der Waals surface area contributed by atoms with Gasteiger partial charge in [-0.05, 0) is 44.5 Å². The summed E-state index contributed by atoms with van der Waals surface area (Å²) in [4.78, 5) is 2.23. The van der Waals surface area contributed by atoms with E-state index in [-0.39, 0.29) is 0 Å². The Morgan fingerprint density at radius 1 is 1.29 bits per heavy atom. The Balaban J connectivity index is 1.58. The third-order valence-electron chi connectivity index (χ3n) is 3.97. The van der Waals surface area contributed by atoms with E-state index in [0.717, 1.165) is 31.1 Å². The fourth-order valence-electron chi connectivity index (χ4n) is 2.88. The first-order valence-corrected chi connectivity index (χ1v) is 7.93. The number of rotatable bonds is 8. The molecule has 1 atom stereocenters. The van der Waals surface area contributed by atoms with Gasteiger partial charge in [0.05, 0.1) is 19.3 Å². The molecule has 21 heavy (non-hydrogen) atoms. The zero-order chi connectivity index (χ0) is 14.9.